The Morgan fingerprint density at radius 1 is 1.30 bits per heavy atom. The minimum atomic E-state index is -0.558. The third-order valence-corrected chi connectivity index (χ3v) is 3.22. The Morgan fingerprint density at radius 3 is 2.75 bits per heavy atom. The summed E-state index contributed by atoms with van der Waals surface area (Å²) in [7, 11) is 1.46. The molecule has 0 saturated carbocycles. The van der Waals surface area contributed by atoms with Crippen LogP contribution in [-0.4, -0.2) is 13.0 Å². The van der Waals surface area contributed by atoms with Crippen molar-refractivity contribution in [2.24, 2.45) is 0 Å². The van der Waals surface area contributed by atoms with Crippen LogP contribution in [-0.2, 0) is 0 Å². The first-order valence-electron chi connectivity index (χ1n) is 5.64. The fraction of sp³-hybridized carbons (Fsp3) is 0.0714. The summed E-state index contributed by atoms with van der Waals surface area (Å²) in [4.78, 5) is 12.7. The van der Waals surface area contributed by atoms with E-state index in [1.807, 2.05) is 0 Å². The first-order chi connectivity index (χ1) is 9.51. The number of halogens is 2. The van der Waals surface area contributed by atoms with Crippen molar-refractivity contribution in [2.75, 3.05) is 12.4 Å². The Morgan fingerprint density at radius 2 is 2.05 bits per heavy atom. The third kappa shape index (κ3) is 3.23. The van der Waals surface area contributed by atoms with E-state index in [-0.39, 0.29) is 16.3 Å². The second kappa shape index (κ2) is 6.15. The molecule has 1 amide bonds. The molecule has 0 aliphatic rings. The van der Waals surface area contributed by atoms with Gasteiger partial charge in [0.25, 0.3) is 5.91 Å². The van der Waals surface area contributed by atoms with Crippen LogP contribution in [0.25, 0.3) is 0 Å². The van der Waals surface area contributed by atoms with Crippen LogP contribution < -0.4 is 10.1 Å². The minimum absolute atomic E-state index is 0.0231. The standard InChI is InChI=1S/C14H11ClFNO2S/c1-19-8-2-5-12(16)13(6-8)17-14(18)10-7-9(20)3-4-11(10)15/h2-7,20H,1H3,(H,17,18). The molecule has 2 aromatic carbocycles. The van der Waals surface area contributed by atoms with Crippen molar-refractivity contribution in [3.63, 3.8) is 0 Å². The summed E-state index contributed by atoms with van der Waals surface area (Å²) >= 11 is 10.1. The van der Waals surface area contributed by atoms with E-state index < -0.39 is 11.7 Å². The zero-order valence-electron chi connectivity index (χ0n) is 10.5. The van der Waals surface area contributed by atoms with Crippen molar-refractivity contribution in [3.05, 3.63) is 52.8 Å². The van der Waals surface area contributed by atoms with Crippen molar-refractivity contribution in [3.8, 4) is 5.75 Å². The fourth-order valence-corrected chi connectivity index (χ4v) is 2.01. The number of carbonyl (C=O) groups is 1. The lowest BCUT2D eigenvalue weighted by atomic mass is 10.2. The molecule has 0 bridgehead atoms. The van der Waals surface area contributed by atoms with E-state index in [1.54, 1.807) is 12.1 Å². The molecule has 2 rings (SSSR count). The Labute approximate surface area is 126 Å². The molecule has 0 saturated heterocycles. The van der Waals surface area contributed by atoms with Gasteiger partial charge in [0.1, 0.15) is 11.6 Å². The molecule has 1 N–H and O–H groups in total. The summed E-state index contributed by atoms with van der Waals surface area (Å²) in [6.07, 6.45) is 0. The van der Waals surface area contributed by atoms with Gasteiger partial charge in [0.15, 0.2) is 0 Å². The molecule has 3 nitrogen and oxygen atoms in total. The monoisotopic (exact) mass is 311 g/mol. The highest BCUT2D eigenvalue weighted by Crippen LogP contribution is 2.24. The topological polar surface area (TPSA) is 38.3 Å². The molecule has 0 unspecified atom stereocenters. The number of ether oxygens (including phenoxy) is 1. The maximum Gasteiger partial charge on any atom is 0.257 e. The molecule has 0 radical (unpaired) electrons. The number of rotatable bonds is 3. The largest absolute Gasteiger partial charge is 0.497 e. The molecule has 20 heavy (non-hydrogen) atoms. The smallest absolute Gasteiger partial charge is 0.257 e. The van der Waals surface area contributed by atoms with E-state index in [2.05, 4.69) is 17.9 Å². The Hall–Kier alpha value is -1.72. The van der Waals surface area contributed by atoms with Gasteiger partial charge in [-0.15, -0.1) is 12.6 Å². The molecule has 0 fully saturated rings. The number of thiol groups is 1. The second-order valence-electron chi connectivity index (χ2n) is 3.96. The van der Waals surface area contributed by atoms with E-state index >= 15 is 0 Å². The summed E-state index contributed by atoms with van der Waals surface area (Å²) in [6.45, 7) is 0. The van der Waals surface area contributed by atoms with Crippen LogP contribution >= 0.6 is 24.2 Å². The molecule has 0 aliphatic heterocycles. The summed E-state index contributed by atoms with van der Waals surface area (Å²) in [6, 6.07) is 8.80. The minimum Gasteiger partial charge on any atom is -0.497 e. The summed E-state index contributed by atoms with van der Waals surface area (Å²) in [5.74, 6) is -0.633. The Kier molecular flexibility index (Phi) is 4.52. The zero-order valence-corrected chi connectivity index (χ0v) is 12.1. The maximum atomic E-state index is 13.6. The number of benzene rings is 2. The van der Waals surface area contributed by atoms with Gasteiger partial charge in [-0.25, -0.2) is 4.39 Å². The van der Waals surface area contributed by atoms with Crippen LogP contribution in [0.15, 0.2) is 41.3 Å². The molecule has 104 valence electrons. The third-order valence-electron chi connectivity index (χ3n) is 2.62. The lowest BCUT2D eigenvalue weighted by molar-refractivity contribution is 0.102. The molecule has 6 heteroatoms. The number of hydrogen-bond donors (Lipinski definition) is 2. The van der Waals surface area contributed by atoms with Gasteiger partial charge < -0.3 is 10.1 Å². The average molecular weight is 312 g/mol. The predicted octanol–water partition coefficient (Wildman–Crippen LogP) is 4.03. The van der Waals surface area contributed by atoms with Gasteiger partial charge in [-0.3, -0.25) is 4.79 Å². The van der Waals surface area contributed by atoms with Crippen molar-refractivity contribution < 1.29 is 13.9 Å². The molecule has 0 spiro atoms. The van der Waals surface area contributed by atoms with Crippen LogP contribution in [0, 0.1) is 5.82 Å². The van der Waals surface area contributed by atoms with Crippen molar-refractivity contribution in [1.29, 1.82) is 0 Å². The zero-order chi connectivity index (χ0) is 14.7. The lowest BCUT2D eigenvalue weighted by Gasteiger charge is -2.09. The molecule has 0 heterocycles. The summed E-state index contributed by atoms with van der Waals surface area (Å²) in [5, 5.41) is 2.72. The molecule has 0 aromatic heterocycles. The normalized spacial score (nSPS) is 10.2. The van der Waals surface area contributed by atoms with Crippen molar-refractivity contribution in [1.82, 2.24) is 0 Å². The first kappa shape index (κ1) is 14.7. The lowest BCUT2D eigenvalue weighted by Crippen LogP contribution is -2.13. The van der Waals surface area contributed by atoms with E-state index in [1.165, 1.54) is 31.4 Å². The second-order valence-corrected chi connectivity index (χ2v) is 4.89. The van der Waals surface area contributed by atoms with E-state index in [9.17, 15) is 9.18 Å². The number of nitrogens with one attached hydrogen (secondary N) is 1. The van der Waals surface area contributed by atoms with Crippen LogP contribution in [0.4, 0.5) is 10.1 Å². The number of carbonyl (C=O) groups excluding carboxylic acids is 1. The van der Waals surface area contributed by atoms with Gasteiger partial charge in [-0.2, -0.15) is 0 Å². The molecule has 0 aliphatic carbocycles. The highest BCUT2D eigenvalue weighted by atomic mass is 35.5. The van der Waals surface area contributed by atoms with Gasteiger partial charge in [0.2, 0.25) is 0 Å². The summed E-state index contributed by atoms with van der Waals surface area (Å²) < 4.78 is 18.6. The number of anilines is 1. The first-order valence-corrected chi connectivity index (χ1v) is 6.47. The van der Waals surface area contributed by atoms with Crippen LogP contribution in [0.3, 0.4) is 0 Å². The number of amides is 1. The van der Waals surface area contributed by atoms with Gasteiger partial charge in [-0.05, 0) is 30.3 Å². The highest BCUT2D eigenvalue weighted by Gasteiger charge is 2.13. The van der Waals surface area contributed by atoms with Crippen LogP contribution in [0.5, 0.6) is 5.75 Å². The fourth-order valence-electron chi connectivity index (χ4n) is 1.60. The quantitative estimate of drug-likeness (QED) is 0.840. The Bertz CT molecular complexity index is 664. The van der Waals surface area contributed by atoms with Gasteiger partial charge >= 0.3 is 0 Å². The van der Waals surface area contributed by atoms with Gasteiger partial charge in [0.05, 0.1) is 23.4 Å². The average Bonchev–Trinajstić information content (AvgIpc) is 2.43. The summed E-state index contributed by atoms with van der Waals surface area (Å²) in [5.41, 5.74) is 0.247. The van der Waals surface area contributed by atoms with Crippen molar-refractivity contribution in [2.45, 2.75) is 4.90 Å². The number of hydrogen-bond acceptors (Lipinski definition) is 3. The van der Waals surface area contributed by atoms with Crippen LogP contribution in [0.2, 0.25) is 5.02 Å². The molecule has 2 aromatic rings. The van der Waals surface area contributed by atoms with E-state index in [4.69, 9.17) is 16.3 Å². The highest BCUT2D eigenvalue weighted by molar-refractivity contribution is 7.80. The SMILES string of the molecule is COc1ccc(F)c(NC(=O)c2cc(S)ccc2Cl)c1. The molecular weight excluding hydrogens is 301 g/mol. The van der Waals surface area contributed by atoms with E-state index in [0.29, 0.717) is 10.6 Å². The predicted molar refractivity (Wildman–Crippen MR) is 79.6 cm³/mol. The Balaban J connectivity index is 2.30. The van der Waals surface area contributed by atoms with Gasteiger partial charge in [0, 0.05) is 11.0 Å². The molecule has 0 atom stereocenters. The van der Waals surface area contributed by atoms with E-state index in [0.717, 1.165) is 0 Å². The molecular formula is C14H11ClFNO2S. The maximum absolute atomic E-state index is 13.6. The van der Waals surface area contributed by atoms with Gasteiger partial charge in [-0.1, -0.05) is 11.6 Å². The van der Waals surface area contributed by atoms with Crippen molar-refractivity contribution >= 4 is 35.8 Å². The van der Waals surface area contributed by atoms with Crippen LogP contribution in [0.1, 0.15) is 10.4 Å². The number of methoxy groups -OCH3 is 1.